The lowest BCUT2D eigenvalue weighted by atomic mass is 10.2. The van der Waals surface area contributed by atoms with Crippen LogP contribution < -0.4 is 9.04 Å². The molecule has 0 N–H and O–H groups in total. The minimum absolute atomic E-state index is 0.0501. The summed E-state index contributed by atoms with van der Waals surface area (Å²) < 4.78 is 45.5. The van der Waals surface area contributed by atoms with E-state index in [1.807, 2.05) is 0 Å². The molecule has 0 atom stereocenters. The molecule has 0 fully saturated rings. The Morgan fingerprint density at radius 3 is 2.09 bits per heavy atom. The van der Waals surface area contributed by atoms with E-state index in [4.69, 9.17) is 4.74 Å². The Bertz CT molecular complexity index is 886. The minimum Gasteiger partial charge on any atom is -0.494 e. The molecule has 2 rings (SSSR count). The number of unbranched alkanes of at least 4 members (excludes halogenated alkanes) is 4. The van der Waals surface area contributed by atoms with Gasteiger partial charge in [0.15, 0.2) is 0 Å². The highest BCUT2D eigenvalue weighted by molar-refractivity contribution is 7.92. The van der Waals surface area contributed by atoms with Gasteiger partial charge in [-0.05, 0) is 87.4 Å². The number of hydrogen-bond donors (Lipinski definition) is 0. The summed E-state index contributed by atoms with van der Waals surface area (Å²) in [7, 11) is -2.26. The highest BCUT2D eigenvalue weighted by atomic mass is 32.2. The Kier molecular flexibility index (Phi) is 11.0. The van der Waals surface area contributed by atoms with Crippen LogP contribution in [-0.2, 0) is 10.0 Å². The number of benzene rings is 2. The van der Waals surface area contributed by atoms with Gasteiger partial charge in [0.05, 0.1) is 17.2 Å². The molecular formula is C25H37FN2O3S. The van der Waals surface area contributed by atoms with Crippen LogP contribution >= 0.6 is 0 Å². The normalized spacial score (nSPS) is 11.7. The van der Waals surface area contributed by atoms with Crippen molar-refractivity contribution in [1.29, 1.82) is 0 Å². The van der Waals surface area contributed by atoms with Gasteiger partial charge in [0, 0.05) is 7.05 Å². The van der Waals surface area contributed by atoms with Gasteiger partial charge in [0.2, 0.25) is 0 Å². The number of anilines is 1. The fraction of sp³-hybridized carbons (Fsp3) is 0.520. The molecule has 0 saturated carbocycles. The first kappa shape index (κ1) is 26.1. The van der Waals surface area contributed by atoms with E-state index in [-0.39, 0.29) is 4.90 Å². The molecule has 0 radical (unpaired) electrons. The molecule has 0 amide bonds. The molecule has 32 heavy (non-hydrogen) atoms. The van der Waals surface area contributed by atoms with E-state index >= 15 is 0 Å². The number of ether oxygens (including phenoxy) is 1. The zero-order valence-electron chi connectivity index (χ0n) is 19.6. The summed E-state index contributed by atoms with van der Waals surface area (Å²) in [6.45, 7) is 8.61. The Labute approximate surface area is 193 Å². The average Bonchev–Trinajstić information content (AvgIpc) is 2.80. The molecule has 2 aromatic rings. The van der Waals surface area contributed by atoms with Crippen molar-refractivity contribution in [3.8, 4) is 5.75 Å². The SMILES string of the molecule is CCCCN(CC)CCCCCCOc1ccc(N(C)S(=O)(=O)c2ccc(F)cc2)cc1. The van der Waals surface area contributed by atoms with Crippen molar-refractivity contribution in [2.45, 2.75) is 57.3 Å². The van der Waals surface area contributed by atoms with Crippen LogP contribution in [0.2, 0.25) is 0 Å². The first-order valence-corrected chi connectivity index (χ1v) is 13.0. The van der Waals surface area contributed by atoms with Crippen LogP contribution in [0.15, 0.2) is 53.4 Å². The standard InChI is InChI=1S/C25H37FN2O3S/c1-4-6-19-28(5-2)20-9-7-8-10-21-31-24-15-13-23(14-16-24)27(3)32(29,30)25-17-11-22(26)12-18-25/h11-18H,4-10,19-21H2,1-3H3. The van der Waals surface area contributed by atoms with E-state index in [9.17, 15) is 12.8 Å². The third-order valence-electron chi connectivity index (χ3n) is 5.58. The monoisotopic (exact) mass is 464 g/mol. The molecule has 2 aromatic carbocycles. The van der Waals surface area contributed by atoms with Gasteiger partial charge in [-0.15, -0.1) is 0 Å². The molecule has 0 unspecified atom stereocenters. The number of rotatable bonds is 15. The van der Waals surface area contributed by atoms with Crippen LogP contribution in [0.25, 0.3) is 0 Å². The second kappa shape index (κ2) is 13.4. The minimum atomic E-state index is -3.74. The van der Waals surface area contributed by atoms with E-state index in [1.54, 1.807) is 24.3 Å². The van der Waals surface area contributed by atoms with Gasteiger partial charge in [0.25, 0.3) is 10.0 Å². The summed E-state index contributed by atoms with van der Waals surface area (Å²) in [6, 6.07) is 11.8. The van der Waals surface area contributed by atoms with Crippen molar-refractivity contribution in [3.05, 3.63) is 54.3 Å². The van der Waals surface area contributed by atoms with Crippen LogP contribution in [0.1, 0.15) is 52.4 Å². The molecule has 0 aliphatic heterocycles. The first-order valence-electron chi connectivity index (χ1n) is 11.6. The van der Waals surface area contributed by atoms with E-state index in [0.29, 0.717) is 12.3 Å². The van der Waals surface area contributed by atoms with Crippen LogP contribution in [0, 0.1) is 5.82 Å². The first-order chi connectivity index (χ1) is 15.4. The van der Waals surface area contributed by atoms with Gasteiger partial charge < -0.3 is 9.64 Å². The summed E-state index contributed by atoms with van der Waals surface area (Å²) in [4.78, 5) is 2.57. The van der Waals surface area contributed by atoms with Crippen LogP contribution in [0.4, 0.5) is 10.1 Å². The van der Waals surface area contributed by atoms with E-state index in [1.165, 1.54) is 62.3 Å². The van der Waals surface area contributed by atoms with Crippen molar-refractivity contribution < 1.29 is 17.5 Å². The molecule has 7 heteroatoms. The maximum atomic E-state index is 13.1. The Hall–Kier alpha value is -2.12. The maximum absolute atomic E-state index is 13.1. The zero-order chi connectivity index (χ0) is 23.4. The lowest BCUT2D eigenvalue weighted by Gasteiger charge is -2.20. The second-order valence-electron chi connectivity index (χ2n) is 7.97. The summed E-state index contributed by atoms with van der Waals surface area (Å²) in [5.41, 5.74) is 0.519. The van der Waals surface area contributed by atoms with E-state index in [2.05, 4.69) is 18.7 Å². The summed E-state index contributed by atoms with van der Waals surface area (Å²) in [5.74, 6) is 0.251. The summed E-state index contributed by atoms with van der Waals surface area (Å²) >= 11 is 0. The fourth-order valence-electron chi connectivity index (χ4n) is 3.45. The van der Waals surface area contributed by atoms with E-state index < -0.39 is 15.8 Å². The third-order valence-corrected chi connectivity index (χ3v) is 7.38. The number of nitrogens with zero attached hydrogens (tertiary/aromatic N) is 2. The molecule has 5 nitrogen and oxygen atoms in total. The molecule has 0 aliphatic rings. The molecule has 0 bridgehead atoms. The van der Waals surface area contributed by atoms with Crippen molar-refractivity contribution in [1.82, 2.24) is 4.90 Å². The Morgan fingerprint density at radius 2 is 1.47 bits per heavy atom. The molecule has 0 saturated heterocycles. The van der Waals surface area contributed by atoms with Gasteiger partial charge in [-0.2, -0.15) is 0 Å². The van der Waals surface area contributed by atoms with Crippen molar-refractivity contribution >= 4 is 15.7 Å². The van der Waals surface area contributed by atoms with E-state index in [0.717, 1.165) is 37.3 Å². The van der Waals surface area contributed by atoms with Crippen molar-refractivity contribution in [2.24, 2.45) is 0 Å². The lowest BCUT2D eigenvalue weighted by Crippen LogP contribution is -2.26. The molecular weight excluding hydrogens is 427 g/mol. The van der Waals surface area contributed by atoms with Gasteiger partial charge in [0.1, 0.15) is 11.6 Å². The molecule has 0 heterocycles. The average molecular weight is 465 g/mol. The number of sulfonamides is 1. The highest BCUT2D eigenvalue weighted by Gasteiger charge is 2.21. The molecule has 0 aliphatic carbocycles. The third kappa shape index (κ3) is 8.10. The predicted octanol–water partition coefficient (Wildman–Crippen LogP) is 5.71. The van der Waals surface area contributed by atoms with Crippen LogP contribution in [0.5, 0.6) is 5.75 Å². The molecule has 0 aromatic heterocycles. The van der Waals surface area contributed by atoms with Gasteiger partial charge in [-0.1, -0.05) is 33.1 Å². The Morgan fingerprint density at radius 1 is 0.844 bits per heavy atom. The largest absolute Gasteiger partial charge is 0.494 e. The van der Waals surface area contributed by atoms with Crippen LogP contribution in [0.3, 0.4) is 0 Å². The van der Waals surface area contributed by atoms with Crippen LogP contribution in [-0.4, -0.2) is 46.6 Å². The lowest BCUT2D eigenvalue weighted by molar-refractivity contribution is 0.271. The highest BCUT2D eigenvalue weighted by Crippen LogP contribution is 2.24. The maximum Gasteiger partial charge on any atom is 0.264 e. The smallest absolute Gasteiger partial charge is 0.264 e. The Balaban J connectivity index is 1.73. The summed E-state index contributed by atoms with van der Waals surface area (Å²) in [6.07, 6.45) is 7.09. The quantitative estimate of drug-likeness (QED) is 0.317. The van der Waals surface area contributed by atoms with Gasteiger partial charge in [-0.25, -0.2) is 12.8 Å². The molecule has 0 spiro atoms. The number of hydrogen-bond acceptors (Lipinski definition) is 4. The zero-order valence-corrected chi connectivity index (χ0v) is 20.4. The van der Waals surface area contributed by atoms with Gasteiger partial charge in [-0.3, -0.25) is 4.31 Å². The second-order valence-corrected chi connectivity index (χ2v) is 9.94. The van der Waals surface area contributed by atoms with Gasteiger partial charge >= 0.3 is 0 Å². The summed E-state index contributed by atoms with van der Waals surface area (Å²) in [5, 5.41) is 0. The van der Waals surface area contributed by atoms with Crippen molar-refractivity contribution in [3.63, 3.8) is 0 Å². The fourth-order valence-corrected chi connectivity index (χ4v) is 4.64. The topological polar surface area (TPSA) is 49.9 Å². The number of halogens is 1. The molecule has 178 valence electrons. The predicted molar refractivity (Wildman–Crippen MR) is 129 cm³/mol. The van der Waals surface area contributed by atoms with Crippen molar-refractivity contribution in [2.75, 3.05) is 37.6 Å².